The number of hydrogen-bond donors (Lipinski definition) is 1. The van der Waals surface area contributed by atoms with Gasteiger partial charge >= 0.3 is 0 Å². The molecule has 4 heterocycles. The molecule has 7 heteroatoms. The predicted octanol–water partition coefficient (Wildman–Crippen LogP) is 2.25. The Morgan fingerprint density at radius 2 is 2.26 bits per heavy atom. The average molecular weight is 385 g/mol. The van der Waals surface area contributed by atoms with Crippen LogP contribution in [0.2, 0.25) is 0 Å². The summed E-state index contributed by atoms with van der Waals surface area (Å²) in [4.78, 5) is 32.5. The molecule has 2 aliphatic heterocycles. The summed E-state index contributed by atoms with van der Waals surface area (Å²) in [7, 11) is 0. The van der Waals surface area contributed by atoms with Crippen LogP contribution in [-0.2, 0) is 16.1 Å². The van der Waals surface area contributed by atoms with Crippen molar-refractivity contribution in [3.8, 4) is 0 Å². The summed E-state index contributed by atoms with van der Waals surface area (Å²) in [6.45, 7) is 4.03. The lowest BCUT2D eigenvalue weighted by atomic mass is 9.82. The Morgan fingerprint density at radius 1 is 1.37 bits per heavy atom. The molecule has 4 rings (SSSR count). The first kappa shape index (κ1) is 18.1. The zero-order chi connectivity index (χ0) is 18.8. The highest BCUT2D eigenvalue weighted by Crippen LogP contribution is 2.34. The second kappa shape index (κ2) is 7.78. The quantitative estimate of drug-likeness (QED) is 0.876. The number of carbonyl (C=O) groups is 2. The van der Waals surface area contributed by atoms with Gasteiger partial charge in [0.1, 0.15) is 0 Å². The average Bonchev–Trinajstić information content (AvgIpc) is 3.34. The zero-order valence-corrected chi connectivity index (χ0v) is 16.1. The molecule has 6 nitrogen and oxygen atoms in total. The van der Waals surface area contributed by atoms with Crippen LogP contribution in [0.15, 0.2) is 35.8 Å². The van der Waals surface area contributed by atoms with Gasteiger partial charge in [0, 0.05) is 31.8 Å². The van der Waals surface area contributed by atoms with Gasteiger partial charge in [-0.1, -0.05) is 6.07 Å². The summed E-state index contributed by atoms with van der Waals surface area (Å²) >= 11 is 1.45. The third-order valence-corrected chi connectivity index (χ3v) is 6.37. The summed E-state index contributed by atoms with van der Waals surface area (Å²) in [5.41, 5.74) is 1.91. The summed E-state index contributed by atoms with van der Waals surface area (Å²) in [5.74, 6) is -0.117. The number of thiophene rings is 1. The molecule has 1 N–H and O–H groups in total. The first-order valence-electron chi connectivity index (χ1n) is 9.25. The molecule has 0 aliphatic carbocycles. The van der Waals surface area contributed by atoms with E-state index < -0.39 is 0 Å². The van der Waals surface area contributed by atoms with Gasteiger partial charge < -0.3 is 15.0 Å². The molecule has 2 aliphatic rings. The molecule has 2 aromatic heterocycles. The second-order valence-corrected chi connectivity index (χ2v) is 8.12. The molecule has 142 valence electrons. The third kappa shape index (κ3) is 3.89. The number of carbonyl (C=O) groups excluding carboxylic acids is 2. The van der Waals surface area contributed by atoms with Crippen molar-refractivity contribution >= 4 is 23.2 Å². The van der Waals surface area contributed by atoms with Crippen LogP contribution in [0.5, 0.6) is 0 Å². The fourth-order valence-corrected chi connectivity index (χ4v) is 4.80. The zero-order valence-electron chi connectivity index (χ0n) is 15.3. The van der Waals surface area contributed by atoms with E-state index in [-0.39, 0.29) is 29.8 Å². The van der Waals surface area contributed by atoms with Crippen LogP contribution < -0.4 is 5.32 Å². The summed E-state index contributed by atoms with van der Waals surface area (Å²) in [6, 6.07) is 7.55. The lowest BCUT2D eigenvalue weighted by molar-refractivity contribution is -0.130. The van der Waals surface area contributed by atoms with E-state index in [2.05, 4.69) is 10.3 Å². The highest BCUT2D eigenvalue weighted by molar-refractivity contribution is 7.12. The number of nitrogens with zero attached hydrogens (tertiary/aromatic N) is 2. The second-order valence-electron chi connectivity index (χ2n) is 7.21. The molecule has 0 radical (unpaired) electrons. The lowest BCUT2D eigenvalue weighted by Gasteiger charge is -2.39. The van der Waals surface area contributed by atoms with Gasteiger partial charge in [0.15, 0.2) is 0 Å². The lowest BCUT2D eigenvalue weighted by Crippen LogP contribution is -2.54. The molecule has 27 heavy (non-hydrogen) atoms. The summed E-state index contributed by atoms with van der Waals surface area (Å²) in [5, 5.41) is 4.97. The minimum absolute atomic E-state index is 0.00965. The minimum Gasteiger partial charge on any atom is -0.376 e. The standard InChI is InChI=1S/C20H23N3O3S/c1-13-8-18(27-12-13)20(25)23-10-16(15-5-7-26-17(15)11-23)19(24)22-9-14-4-2-3-6-21-14/h2-4,6,8,12,15-17H,5,7,9-11H2,1H3,(H,22,24)/t15-,16+,17+/m0/s1. The van der Waals surface area contributed by atoms with E-state index in [1.807, 2.05) is 36.6 Å². The maximum Gasteiger partial charge on any atom is 0.264 e. The van der Waals surface area contributed by atoms with Gasteiger partial charge in [-0.3, -0.25) is 14.6 Å². The molecule has 2 saturated heterocycles. The van der Waals surface area contributed by atoms with Gasteiger partial charge in [0.05, 0.1) is 29.1 Å². The molecule has 0 saturated carbocycles. The predicted molar refractivity (Wildman–Crippen MR) is 102 cm³/mol. The van der Waals surface area contributed by atoms with Crippen molar-refractivity contribution < 1.29 is 14.3 Å². The van der Waals surface area contributed by atoms with Gasteiger partial charge in [-0.05, 0) is 42.5 Å². The molecule has 0 bridgehead atoms. The Bertz CT molecular complexity index is 823. The molecular weight excluding hydrogens is 362 g/mol. The third-order valence-electron chi connectivity index (χ3n) is 5.33. The van der Waals surface area contributed by atoms with Crippen LogP contribution in [0.4, 0.5) is 0 Å². The smallest absolute Gasteiger partial charge is 0.264 e. The number of likely N-dealkylation sites (tertiary alicyclic amines) is 1. The van der Waals surface area contributed by atoms with E-state index in [0.717, 1.165) is 22.6 Å². The summed E-state index contributed by atoms with van der Waals surface area (Å²) < 4.78 is 5.84. The topological polar surface area (TPSA) is 71.5 Å². The fourth-order valence-electron chi connectivity index (χ4n) is 3.93. The highest BCUT2D eigenvalue weighted by atomic mass is 32.1. The highest BCUT2D eigenvalue weighted by Gasteiger charge is 2.45. The molecule has 2 fully saturated rings. The Kier molecular flexibility index (Phi) is 5.22. The van der Waals surface area contributed by atoms with Crippen molar-refractivity contribution in [1.29, 1.82) is 0 Å². The molecule has 0 spiro atoms. The number of fused-ring (bicyclic) bond motifs is 1. The number of ether oxygens (including phenoxy) is 1. The van der Waals surface area contributed by atoms with E-state index in [1.165, 1.54) is 11.3 Å². The van der Waals surface area contributed by atoms with Gasteiger partial charge in [-0.2, -0.15) is 0 Å². The van der Waals surface area contributed by atoms with Gasteiger partial charge in [-0.15, -0.1) is 11.3 Å². The van der Waals surface area contributed by atoms with Gasteiger partial charge in [0.2, 0.25) is 5.91 Å². The molecule has 0 unspecified atom stereocenters. The number of piperidine rings is 1. The van der Waals surface area contributed by atoms with Crippen molar-refractivity contribution in [3.63, 3.8) is 0 Å². The molecular formula is C20H23N3O3S. The fraction of sp³-hybridized carbons (Fsp3) is 0.450. The van der Waals surface area contributed by atoms with Crippen LogP contribution in [0.1, 0.15) is 27.3 Å². The van der Waals surface area contributed by atoms with E-state index in [0.29, 0.717) is 26.2 Å². The number of hydrogen-bond acceptors (Lipinski definition) is 5. The van der Waals surface area contributed by atoms with Gasteiger partial charge in [-0.25, -0.2) is 0 Å². The Balaban J connectivity index is 1.46. The number of rotatable bonds is 4. The van der Waals surface area contributed by atoms with Crippen molar-refractivity contribution in [2.24, 2.45) is 11.8 Å². The maximum atomic E-state index is 12.9. The van der Waals surface area contributed by atoms with Crippen molar-refractivity contribution in [3.05, 3.63) is 52.0 Å². The van der Waals surface area contributed by atoms with E-state index in [1.54, 1.807) is 11.1 Å². The normalized spacial score (nSPS) is 24.5. The Labute approximate surface area is 162 Å². The van der Waals surface area contributed by atoms with Crippen LogP contribution in [-0.4, -0.2) is 47.5 Å². The maximum absolute atomic E-state index is 12.9. The molecule has 2 aromatic rings. The van der Waals surface area contributed by atoms with Gasteiger partial charge in [0.25, 0.3) is 5.91 Å². The Morgan fingerprint density at radius 3 is 3.00 bits per heavy atom. The van der Waals surface area contributed by atoms with Crippen LogP contribution in [0.25, 0.3) is 0 Å². The number of amides is 2. The van der Waals surface area contributed by atoms with E-state index in [9.17, 15) is 9.59 Å². The SMILES string of the molecule is Cc1csc(C(=O)N2C[C@H]3OCC[C@H]3[C@H](C(=O)NCc3ccccn3)C2)c1. The minimum atomic E-state index is -0.250. The molecule has 2 amide bonds. The monoisotopic (exact) mass is 385 g/mol. The first-order chi connectivity index (χ1) is 13.1. The molecule has 0 aromatic carbocycles. The first-order valence-corrected chi connectivity index (χ1v) is 10.1. The molecule has 3 atom stereocenters. The Hall–Kier alpha value is -2.25. The van der Waals surface area contributed by atoms with Crippen LogP contribution >= 0.6 is 11.3 Å². The van der Waals surface area contributed by atoms with Crippen molar-refractivity contribution in [2.75, 3.05) is 19.7 Å². The largest absolute Gasteiger partial charge is 0.376 e. The van der Waals surface area contributed by atoms with E-state index >= 15 is 0 Å². The number of pyridine rings is 1. The van der Waals surface area contributed by atoms with E-state index in [4.69, 9.17) is 4.74 Å². The number of nitrogens with one attached hydrogen (secondary N) is 1. The number of aryl methyl sites for hydroxylation is 1. The van der Waals surface area contributed by atoms with Crippen LogP contribution in [0, 0.1) is 18.8 Å². The van der Waals surface area contributed by atoms with Crippen molar-refractivity contribution in [1.82, 2.24) is 15.2 Å². The van der Waals surface area contributed by atoms with Crippen LogP contribution in [0.3, 0.4) is 0 Å². The summed E-state index contributed by atoms with van der Waals surface area (Å²) in [6.07, 6.45) is 2.52. The van der Waals surface area contributed by atoms with Crippen molar-refractivity contribution in [2.45, 2.75) is 26.0 Å². The number of aromatic nitrogens is 1.